The molecule has 0 aliphatic rings. The summed E-state index contributed by atoms with van der Waals surface area (Å²) in [6.45, 7) is 1.99. The first kappa shape index (κ1) is 11.1. The molecule has 0 saturated heterocycles. The van der Waals surface area contributed by atoms with Crippen molar-refractivity contribution in [2.45, 2.75) is 13.3 Å². The summed E-state index contributed by atoms with van der Waals surface area (Å²) in [6, 6.07) is 7.80. The molecule has 3 heteroatoms. The van der Waals surface area contributed by atoms with Crippen molar-refractivity contribution in [2.75, 3.05) is 17.8 Å². The molecule has 0 radical (unpaired) electrons. The fourth-order valence-electron chi connectivity index (χ4n) is 1.32. The van der Waals surface area contributed by atoms with Crippen molar-refractivity contribution < 1.29 is 4.79 Å². The van der Waals surface area contributed by atoms with Crippen LogP contribution in [0.15, 0.2) is 24.3 Å². The third-order valence-electron chi connectivity index (χ3n) is 2.16. The number of nitrogens with zero attached hydrogens (tertiary/aromatic N) is 1. The number of para-hydroxylation sites is 1. The molecule has 2 nitrogen and oxygen atoms in total. The summed E-state index contributed by atoms with van der Waals surface area (Å²) < 4.78 is 0. The van der Waals surface area contributed by atoms with Crippen LogP contribution in [0.5, 0.6) is 0 Å². The van der Waals surface area contributed by atoms with E-state index < -0.39 is 0 Å². The molecule has 0 atom stereocenters. The Morgan fingerprint density at radius 3 is 2.64 bits per heavy atom. The first-order valence-corrected chi connectivity index (χ1v) is 5.08. The molecule has 0 aromatic heterocycles. The number of hydrogen-bond acceptors (Lipinski definition) is 1. The molecular formula is C11H14ClNO. The molecular weight excluding hydrogens is 198 g/mol. The van der Waals surface area contributed by atoms with Gasteiger partial charge in [0.05, 0.1) is 0 Å². The standard InChI is InChI=1S/C11H14ClNO/c1-9-5-3-4-6-10(9)13(2)11(14)7-8-12/h3-6H,7-8H2,1-2H3. The second kappa shape index (κ2) is 5.01. The zero-order chi connectivity index (χ0) is 10.6. The van der Waals surface area contributed by atoms with Crippen LogP contribution in [-0.4, -0.2) is 18.8 Å². The summed E-state index contributed by atoms with van der Waals surface area (Å²) in [5.74, 6) is 0.420. The van der Waals surface area contributed by atoms with E-state index in [4.69, 9.17) is 11.6 Å². The molecule has 0 N–H and O–H groups in total. The Balaban J connectivity index is 2.84. The van der Waals surface area contributed by atoms with Crippen molar-refractivity contribution in [3.05, 3.63) is 29.8 Å². The molecule has 1 rings (SSSR count). The van der Waals surface area contributed by atoms with Crippen LogP contribution in [0.3, 0.4) is 0 Å². The number of halogens is 1. The molecule has 0 bridgehead atoms. The zero-order valence-electron chi connectivity index (χ0n) is 8.46. The zero-order valence-corrected chi connectivity index (χ0v) is 9.21. The van der Waals surface area contributed by atoms with Crippen LogP contribution in [0.25, 0.3) is 0 Å². The molecule has 0 saturated carbocycles. The van der Waals surface area contributed by atoms with Crippen LogP contribution in [-0.2, 0) is 4.79 Å². The third kappa shape index (κ3) is 2.48. The number of alkyl halides is 1. The predicted molar refractivity (Wildman–Crippen MR) is 59.9 cm³/mol. The summed E-state index contributed by atoms with van der Waals surface area (Å²) >= 11 is 5.52. The minimum Gasteiger partial charge on any atom is -0.315 e. The van der Waals surface area contributed by atoms with Crippen molar-refractivity contribution in [1.29, 1.82) is 0 Å². The van der Waals surface area contributed by atoms with Crippen LogP contribution in [0.1, 0.15) is 12.0 Å². The minimum atomic E-state index is 0.0503. The smallest absolute Gasteiger partial charge is 0.227 e. The highest BCUT2D eigenvalue weighted by molar-refractivity contribution is 6.19. The van der Waals surface area contributed by atoms with Gasteiger partial charge in [-0.15, -0.1) is 11.6 Å². The largest absolute Gasteiger partial charge is 0.315 e. The maximum Gasteiger partial charge on any atom is 0.227 e. The van der Waals surface area contributed by atoms with E-state index in [1.54, 1.807) is 11.9 Å². The normalized spacial score (nSPS) is 9.93. The van der Waals surface area contributed by atoms with Crippen molar-refractivity contribution >= 4 is 23.2 Å². The van der Waals surface area contributed by atoms with Gasteiger partial charge in [-0.3, -0.25) is 4.79 Å². The Kier molecular flexibility index (Phi) is 3.96. The van der Waals surface area contributed by atoms with Crippen LogP contribution >= 0.6 is 11.6 Å². The monoisotopic (exact) mass is 211 g/mol. The van der Waals surface area contributed by atoms with Crippen molar-refractivity contribution in [3.63, 3.8) is 0 Å². The number of carbonyl (C=O) groups excluding carboxylic acids is 1. The number of anilines is 1. The van der Waals surface area contributed by atoms with Gasteiger partial charge >= 0.3 is 0 Å². The Morgan fingerprint density at radius 1 is 1.43 bits per heavy atom. The van der Waals surface area contributed by atoms with Gasteiger partial charge in [0.15, 0.2) is 0 Å². The maximum atomic E-state index is 11.5. The maximum absolute atomic E-state index is 11.5. The molecule has 0 aliphatic heterocycles. The van der Waals surface area contributed by atoms with Gasteiger partial charge in [-0.1, -0.05) is 18.2 Å². The van der Waals surface area contributed by atoms with Gasteiger partial charge in [0.1, 0.15) is 0 Å². The summed E-state index contributed by atoms with van der Waals surface area (Å²) in [5, 5.41) is 0. The second-order valence-corrected chi connectivity index (χ2v) is 3.56. The molecule has 0 aliphatic carbocycles. The lowest BCUT2D eigenvalue weighted by Gasteiger charge is -2.18. The Labute approximate surface area is 89.5 Å². The topological polar surface area (TPSA) is 20.3 Å². The lowest BCUT2D eigenvalue weighted by atomic mass is 10.2. The quantitative estimate of drug-likeness (QED) is 0.704. The average Bonchev–Trinajstić information content (AvgIpc) is 2.18. The molecule has 1 aromatic rings. The van der Waals surface area contributed by atoms with Gasteiger partial charge in [-0.2, -0.15) is 0 Å². The van der Waals surface area contributed by atoms with Crippen LogP contribution < -0.4 is 4.90 Å². The molecule has 0 spiro atoms. The van der Waals surface area contributed by atoms with Crippen LogP contribution in [0.2, 0.25) is 0 Å². The van der Waals surface area contributed by atoms with E-state index in [-0.39, 0.29) is 5.91 Å². The van der Waals surface area contributed by atoms with Gasteiger partial charge in [-0.05, 0) is 18.6 Å². The fraction of sp³-hybridized carbons (Fsp3) is 0.364. The highest BCUT2D eigenvalue weighted by Gasteiger charge is 2.11. The van der Waals surface area contributed by atoms with E-state index in [1.807, 2.05) is 31.2 Å². The molecule has 0 fully saturated rings. The number of benzene rings is 1. The number of hydrogen-bond donors (Lipinski definition) is 0. The number of carbonyl (C=O) groups is 1. The molecule has 1 aromatic carbocycles. The molecule has 76 valence electrons. The number of rotatable bonds is 3. The first-order valence-electron chi connectivity index (χ1n) is 4.55. The van der Waals surface area contributed by atoms with Crippen molar-refractivity contribution in [2.24, 2.45) is 0 Å². The SMILES string of the molecule is Cc1ccccc1N(C)C(=O)CCCl. The Morgan fingerprint density at radius 2 is 2.07 bits per heavy atom. The molecule has 0 heterocycles. The van der Waals surface area contributed by atoms with Gasteiger partial charge in [0, 0.05) is 25.0 Å². The molecule has 1 amide bonds. The third-order valence-corrected chi connectivity index (χ3v) is 2.35. The highest BCUT2D eigenvalue weighted by Crippen LogP contribution is 2.18. The van der Waals surface area contributed by atoms with Crippen molar-refractivity contribution in [3.8, 4) is 0 Å². The van der Waals surface area contributed by atoms with Gasteiger partial charge in [0.2, 0.25) is 5.91 Å². The predicted octanol–water partition coefficient (Wildman–Crippen LogP) is 2.59. The summed E-state index contributed by atoms with van der Waals surface area (Å²) in [4.78, 5) is 13.2. The van der Waals surface area contributed by atoms with E-state index in [0.717, 1.165) is 11.3 Å². The van der Waals surface area contributed by atoms with Gasteiger partial charge in [-0.25, -0.2) is 0 Å². The van der Waals surface area contributed by atoms with E-state index in [1.165, 1.54) is 0 Å². The average molecular weight is 212 g/mol. The lowest BCUT2D eigenvalue weighted by Crippen LogP contribution is -2.26. The first-order chi connectivity index (χ1) is 6.66. The van der Waals surface area contributed by atoms with E-state index >= 15 is 0 Å². The summed E-state index contributed by atoms with van der Waals surface area (Å²) in [5.41, 5.74) is 2.04. The highest BCUT2D eigenvalue weighted by atomic mass is 35.5. The van der Waals surface area contributed by atoms with Crippen molar-refractivity contribution in [1.82, 2.24) is 0 Å². The van der Waals surface area contributed by atoms with Crippen LogP contribution in [0, 0.1) is 6.92 Å². The van der Waals surface area contributed by atoms with E-state index in [2.05, 4.69) is 0 Å². The van der Waals surface area contributed by atoms with Gasteiger partial charge in [0.25, 0.3) is 0 Å². The Hall–Kier alpha value is -1.02. The number of aryl methyl sites for hydroxylation is 1. The summed E-state index contributed by atoms with van der Waals surface area (Å²) in [7, 11) is 1.78. The summed E-state index contributed by atoms with van der Waals surface area (Å²) in [6.07, 6.45) is 0.381. The second-order valence-electron chi connectivity index (χ2n) is 3.18. The fourth-order valence-corrected chi connectivity index (χ4v) is 1.48. The van der Waals surface area contributed by atoms with E-state index in [9.17, 15) is 4.79 Å². The number of amides is 1. The molecule has 14 heavy (non-hydrogen) atoms. The molecule has 0 unspecified atom stereocenters. The lowest BCUT2D eigenvalue weighted by molar-refractivity contribution is -0.117. The Bertz CT molecular complexity index is 325. The minimum absolute atomic E-state index is 0.0503. The van der Waals surface area contributed by atoms with E-state index in [0.29, 0.717) is 12.3 Å². The van der Waals surface area contributed by atoms with Crippen LogP contribution in [0.4, 0.5) is 5.69 Å². The van der Waals surface area contributed by atoms with Gasteiger partial charge < -0.3 is 4.90 Å².